The van der Waals surface area contributed by atoms with Crippen molar-refractivity contribution in [1.82, 2.24) is 9.80 Å². The van der Waals surface area contributed by atoms with E-state index in [1.807, 2.05) is 18.2 Å². The molecule has 0 aliphatic carbocycles. The molecule has 0 bridgehead atoms. The summed E-state index contributed by atoms with van der Waals surface area (Å²) in [7, 11) is 0. The standard InChI is InChI=1S/C19H19FN2O2/c20-17-9-4-8-16(14-17)19(24)22-11-5-10-21(12-13-22)18(23)15-6-2-1-3-7-15/h1-4,6-9,14H,5,10-13H2. The van der Waals surface area contributed by atoms with Gasteiger partial charge in [0.05, 0.1) is 0 Å². The molecule has 2 aromatic carbocycles. The van der Waals surface area contributed by atoms with Crippen molar-refractivity contribution >= 4 is 11.8 Å². The number of hydrogen-bond donors (Lipinski definition) is 0. The highest BCUT2D eigenvalue weighted by molar-refractivity contribution is 5.95. The Kier molecular flexibility index (Phi) is 4.89. The zero-order valence-electron chi connectivity index (χ0n) is 13.3. The van der Waals surface area contributed by atoms with Gasteiger partial charge in [0, 0.05) is 37.3 Å². The van der Waals surface area contributed by atoms with E-state index < -0.39 is 5.82 Å². The van der Waals surface area contributed by atoms with E-state index in [4.69, 9.17) is 0 Å². The number of rotatable bonds is 2. The summed E-state index contributed by atoms with van der Waals surface area (Å²) in [5.41, 5.74) is 1.00. The summed E-state index contributed by atoms with van der Waals surface area (Å²) in [6.45, 7) is 2.11. The van der Waals surface area contributed by atoms with Crippen LogP contribution in [0.3, 0.4) is 0 Å². The highest BCUT2D eigenvalue weighted by Crippen LogP contribution is 2.13. The van der Waals surface area contributed by atoms with Crippen LogP contribution in [-0.2, 0) is 0 Å². The Balaban J connectivity index is 1.67. The summed E-state index contributed by atoms with van der Waals surface area (Å²) in [5.74, 6) is -0.629. The summed E-state index contributed by atoms with van der Waals surface area (Å²) in [4.78, 5) is 28.5. The molecule has 0 saturated carbocycles. The number of carbonyl (C=O) groups excluding carboxylic acids is 2. The van der Waals surface area contributed by atoms with Gasteiger partial charge in [0.1, 0.15) is 5.82 Å². The Bertz CT molecular complexity index is 733. The molecule has 2 amide bonds. The molecule has 1 fully saturated rings. The fourth-order valence-corrected chi connectivity index (χ4v) is 2.89. The van der Waals surface area contributed by atoms with Crippen molar-refractivity contribution in [2.45, 2.75) is 6.42 Å². The first kappa shape index (κ1) is 16.2. The molecule has 0 unspecified atom stereocenters. The fourth-order valence-electron chi connectivity index (χ4n) is 2.89. The van der Waals surface area contributed by atoms with Gasteiger partial charge in [0.25, 0.3) is 11.8 Å². The zero-order valence-corrected chi connectivity index (χ0v) is 13.3. The maximum atomic E-state index is 13.3. The van der Waals surface area contributed by atoms with Crippen molar-refractivity contribution in [3.63, 3.8) is 0 Å². The second-order valence-electron chi connectivity index (χ2n) is 5.81. The van der Waals surface area contributed by atoms with Gasteiger partial charge in [-0.15, -0.1) is 0 Å². The summed E-state index contributed by atoms with van der Waals surface area (Å²) in [6.07, 6.45) is 0.708. The van der Waals surface area contributed by atoms with Gasteiger partial charge in [-0.3, -0.25) is 9.59 Å². The van der Waals surface area contributed by atoms with Crippen molar-refractivity contribution in [3.8, 4) is 0 Å². The third kappa shape index (κ3) is 3.62. The minimum Gasteiger partial charge on any atom is -0.337 e. The van der Waals surface area contributed by atoms with Crippen LogP contribution in [0.4, 0.5) is 4.39 Å². The molecule has 1 aliphatic heterocycles. The Morgan fingerprint density at radius 3 is 1.96 bits per heavy atom. The summed E-state index contributed by atoms with van der Waals surface area (Å²) < 4.78 is 13.3. The van der Waals surface area contributed by atoms with Gasteiger partial charge in [-0.2, -0.15) is 0 Å². The van der Waals surface area contributed by atoms with Crippen LogP contribution in [-0.4, -0.2) is 47.8 Å². The molecule has 0 spiro atoms. The Morgan fingerprint density at radius 2 is 1.33 bits per heavy atom. The van der Waals surface area contributed by atoms with E-state index in [1.165, 1.54) is 18.2 Å². The van der Waals surface area contributed by atoms with E-state index in [9.17, 15) is 14.0 Å². The lowest BCUT2D eigenvalue weighted by Crippen LogP contribution is -2.37. The van der Waals surface area contributed by atoms with Crippen molar-refractivity contribution in [1.29, 1.82) is 0 Å². The molecule has 0 aromatic heterocycles. The molecule has 0 N–H and O–H groups in total. The van der Waals surface area contributed by atoms with E-state index in [1.54, 1.807) is 28.0 Å². The van der Waals surface area contributed by atoms with Crippen LogP contribution in [0.15, 0.2) is 54.6 Å². The number of benzene rings is 2. The van der Waals surface area contributed by atoms with Crippen LogP contribution in [0.25, 0.3) is 0 Å². The average Bonchev–Trinajstić information content (AvgIpc) is 2.87. The Morgan fingerprint density at radius 1 is 0.750 bits per heavy atom. The molecule has 0 radical (unpaired) electrons. The summed E-state index contributed by atoms with van der Waals surface area (Å²) >= 11 is 0. The number of carbonyl (C=O) groups is 2. The first-order valence-corrected chi connectivity index (χ1v) is 8.04. The average molecular weight is 326 g/mol. The SMILES string of the molecule is O=C(c1ccccc1)N1CCCN(C(=O)c2cccc(F)c2)CC1. The van der Waals surface area contributed by atoms with E-state index in [0.29, 0.717) is 43.7 Å². The monoisotopic (exact) mass is 326 g/mol. The first-order valence-electron chi connectivity index (χ1n) is 8.04. The molecule has 24 heavy (non-hydrogen) atoms. The maximum Gasteiger partial charge on any atom is 0.254 e. The van der Waals surface area contributed by atoms with Gasteiger partial charge in [-0.1, -0.05) is 24.3 Å². The summed E-state index contributed by atoms with van der Waals surface area (Å²) in [5, 5.41) is 0. The van der Waals surface area contributed by atoms with Gasteiger partial charge in [-0.25, -0.2) is 4.39 Å². The smallest absolute Gasteiger partial charge is 0.254 e. The molecule has 5 heteroatoms. The highest BCUT2D eigenvalue weighted by Gasteiger charge is 2.23. The largest absolute Gasteiger partial charge is 0.337 e. The highest BCUT2D eigenvalue weighted by atomic mass is 19.1. The molecule has 3 rings (SSSR count). The van der Waals surface area contributed by atoms with Crippen LogP contribution in [0.1, 0.15) is 27.1 Å². The van der Waals surface area contributed by atoms with E-state index in [-0.39, 0.29) is 11.8 Å². The lowest BCUT2D eigenvalue weighted by atomic mass is 10.2. The fraction of sp³-hybridized carbons (Fsp3) is 0.263. The van der Waals surface area contributed by atoms with Crippen molar-refractivity contribution in [2.75, 3.05) is 26.2 Å². The zero-order chi connectivity index (χ0) is 16.9. The van der Waals surface area contributed by atoms with E-state index in [0.717, 1.165) is 0 Å². The Hall–Kier alpha value is -2.69. The van der Waals surface area contributed by atoms with Crippen LogP contribution < -0.4 is 0 Å². The van der Waals surface area contributed by atoms with Crippen LogP contribution in [0.2, 0.25) is 0 Å². The number of nitrogens with zero attached hydrogens (tertiary/aromatic N) is 2. The van der Waals surface area contributed by atoms with Gasteiger partial charge in [0.2, 0.25) is 0 Å². The number of amides is 2. The molecule has 4 nitrogen and oxygen atoms in total. The van der Waals surface area contributed by atoms with Gasteiger partial charge in [-0.05, 0) is 36.8 Å². The lowest BCUT2D eigenvalue weighted by Gasteiger charge is -2.22. The van der Waals surface area contributed by atoms with Gasteiger partial charge < -0.3 is 9.80 Å². The lowest BCUT2D eigenvalue weighted by molar-refractivity contribution is 0.0718. The minimum atomic E-state index is -0.420. The second-order valence-corrected chi connectivity index (χ2v) is 5.81. The predicted molar refractivity (Wildman–Crippen MR) is 89.3 cm³/mol. The Labute approximate surface area is 140 Å². The van der Waals surface area contributed by atoms with E-state index >= 15 is 0 Å². The van der Waals surface area contributed by atoms with E-state index in [2.05, 4.69) is 0 Å². The van der Waals surface area contributed by atoms with Crippen molar-refractivity contribution in [3.05, 3.63) is 71.5 Å². The number of halogens is 1. The molecule has 124 valence electrons. The third-order valence-electron chi connectivity index (χ3n) is 4.16. The molecule has 2 aromatic rings. The van der Waals surface area contributed by atoms with Crippen LogP contribution in [0, 0.1) is 5.82 Å². The van der Waals surface area contributed by atoms with Gasteiger partial charge in [0.15, 0.2) is 0 Å². The molecular weight excluding hydrogens is 307 g/mol. The van der Waals surface area contributed by atoms with Gasteiger partial charge >= 0.3 is 0 Å². The summed E-state index contributed by atoms with van der Waals surface area (Å²) in [6, 6.07) is 14.9. The first-order chi connectivity index (χ1) is 11.6. The molecule has 0 atom stereocenters. The normalized spacial score (nSPS) is 15.0. The molecular formula is C19H19FN2O2. The predicted octanol–water partition coefficient (Wildman–Crippen LogP) is 2.81. The minimum absolute atomic E-state index is 0.0179. The molecule has 1 saturated heterocycles. The topological polar surface area (TPSA) is 40.6 Å². The molecule has 1 aliphatic rings. The number of hydrogen-bond acceptors (Lipinski definition) is 2. The maximum absolute atomic E-state index is 13.3. The second kappa shape index (κ2) is 7.25. The molecule has 1 heterocycles. The van der Waals surface area contributed by atoms with Crippen molar-refractivity contribution < 1.29 is 14.0 Å². The third-order valence-corrected chi connectivity index (χ3v) is 4.16. The van der Waals surface area contributed by atoms with Crippen molar-refractivity contribution in [2.24, 2.45) is 0 Å². The van der Waals surface area contributed by atoms with Crippen LogP contribution >= 0.6 is 0 Å². The quantitative estimate of drug-likeness (QED) is 0.851. The van der Waals surface area contributed by atoms with Crippen LogP contribution in [0.5, 0.6) is 0 Å².